The number of carboxylic acids is 1. The number of anilines is 1. The van der Waals surface area contributed by atoms with Gasteiger partial charge in [0.15, 0.2) is 0 Å². The highest BCUT2D eigenvalue weighted by Crippen LogP contribution is 2.18. The van der Waals surface area contributed by atoms with Gasteiger partial charge in [-0.1, -0.05) is 18.2 Å². The molecule has 0 atom stereocenters. The van der Waals surface area contributed by atoms with Gasteiger partial charge in [-0.05, 0) is 36.4 Å². The Bertz CT molecular complexity index is 833. The first kappa shape index (κ1) is 17.6. The van der Waals surface area contributed by atoms with Crippen LogP contribution >= 0.6 is 0 Å². The number of nitrogens with one attached hydrogen (secondary N) is 1. The minimum atomic E-state index is -3.90. The number of carbonyl (C=O) groups excluding carboxylic acids is 1. The van der Waals surface area contributed by atoms with Crippen LogP contribution in [0.15, 0.2) is 59.5 Å². The van der Waals surface area contributed by atoms with Crippen LogP contribution in [-0.4, -0.2) is 39.0 Å². The van der Waals surface area contributed by atoms with Crippen molar-refractivity contribution in [1.82, 2.24) is 4.72 Å². The number of benzene rings is 2. The normalized spacial score (nSPS) is 11.0. The predicted octanol–water partition coefficient (Wildman–Crippen LogP) is 1.33. The number of hydrogen-bond donors (Lipinski definition) is 2. The number of sulfonamides is 1. The largest absolute Gasteiger partial charge is 0.480 e. The second kappa shape index (κ2) is 7.24. The molecule has 8 heteroatoms. The molecule has 0 bridgehead atoms. The van der Waals surface area contributed by atoms with Gasteiger partial charge in [0, 0.05) is 18.3 Å². The Kier molecular flexibility index (Phi) is 5.32. The van der Waals surface area contributed by atoms with Crippen molar-refractivity contribution >= 4 is 27.6 Å². The number of carboxylic acid groups (broad SMARTS) is 1. The summed E-state index contributed by atoms with van der Waals surface area (Å²) in [6, 6.07) is 14.3. The molecule has 0 aliphatic rings. The minimum Gasteiger partial charge on any atom is -0.480 e. The van der Waals surface area contributed by atoms with E-state index in [9.17, 15) is 18.0 Å². The van der Waals surface area contributed by atoms with E-state index >= 15 is 0 Å². The van der Waals surface area contributed by atoms with Gasteiger partial charge < -0.3 is 10.0 Å². The number of aliphatic carboxylic acids is 1. The molecule has 0 saturated heterocycles. The van der Waals surface area contributed by atoms with E-state index in [1.165, 1.54) is 29.2 Å². The number of hydrogen-bond acceptors (Lipinski definition) is 4. The number of amides is 1. The van der Waals surface area contributed by atoms with Crippen LogP contribution in [-0.2, 0) is 14.8 Å². The van der Waals surface area contributed by atoms with E-state index in [1.54, 1.807) is 37.4 Å². The molecule has 1 amide bonds. The molecule has 0 aromatic heterocycles. The van der Waals surface area contributed by atoms with Crippen molar-refractivity contribution in [2.45, 2.75) is 4.90 Å². The molecule has 0 spiro atoms. The topological polar surface area (TPSA) is 104 Å². The van der Waals surface area contributed by atoms with Gasteiger partial charge >= 0.3 is 5.97 Å². The summed E-state index contributed by atoms with van der Waals surface area (Å²) >= 11 is 0. The van der Waals surface area contributed by atoms with E-state index in [0.717, 1.165) is 0 Å². The summed E-state index contributed by atoms with van der Waals surface area (Å²) in [5.41, 5.74) is 1.03. The van der Waals surface area contributed by atoms with E-state index in [1.807, 2.05) is 4.72 Å². The summed E-state index contributed by atoms with van der Waals surface area (Å²) in [5.74, 6) is -1.50. The maximum absolute atomic E-state index is 12.3. The van der Waals surface area contributed by atoms with Crippen LogP contribution in [0.5, 0.6) is 0 Å². The van der Waals surface area contributed by atoms with E-state index in [4.69, 9.17) is 5.11 Å². The summed E-state index contributed by atoms with van der Waals surface area (Å²) < 4.78 is 25.8. The van der Waals surface area contributed by atoms with Gasteiger partial charge in [0.2, 0.25) is 10.0 Å². The standard InChI is InChI=1S/C16H16N2O5S/c1-18(16(21)12-5-3-2-4-6-12)13-7-9-14(10-8-13)24(22,23)17-11-15(19)20/h2-10,17H,11H2,1H3,(H,19,20). The van der Waals surface area contributed by atoms with Gasteiger partial charge in [0.25, 0.3) is 5.91 Å². The summed E-state index contributed by atoms with van der Waals surface area (Å²) in [6.45, 7) is -0.698. The number of carbonyl (C=O) groups is 2. The molecule has 0 saturated carbocycles. The molecule has 0 unspecified atom stereocenters. The third kappa shape index (κ3) is 4.18. The molecule has 2 rings (SSSR count). The summed E-state index contributed by atoms with van der Waals surface area (Å²) in [5, 5.41) is 8.54. The zero-order valence-electron chi connectivity index (χ0n) is 12.8. The molecule has 7 nitrogen and oxygen atoms in total. The first-order valence-electron chi connectivity index (χ1n) is 6.96. The monoisotopic (exact) mass is 348 g/mol. The Balaban J connectivity index is 2.17. The van der Waals surface area contributed by atoms with E-state index in [-0.39, 0.29) is 10.8 Å². The molecule has 2 aromatic rings. The second-order valence-electron chi connectivity index (χ2n) is 4.94. The highest BCUT2D eigenvalue weighted by molar-refractivity contribution is 7.89. The van der Waals surface area contributed by atoms with Gasteiger partial charge in [-0.25, -0.2) is 8.42 Å². The second-order valence-corrected chi connectivity index (χ2v) is 6.71. The van der Waals surface area contributed by atoms with Gasteiger partial charge in [-0.3, -0.25) is 9.59 Å². The van der Waals surface area contributed by atoms with Crippen molar-refractivity contribution in [3.05, 3.63) is 60.2 Å². The van der Waals surface area contributed by atoms with E-state index in [0.29, 0.717) is 11.3 Å². The molecule has 0 aliphatic heterocycles. The van der Waals surface area contributed by atoms with Crippen LogP contribution in [0.2, 0.25) is 0 Å². The third-order valence-electron chi connectivity index (χ3n) is 3.27. The lowest BCUT2D eigenvalue weighted by molar-refractivity contribution is -0.135. The Morgan fingerprint density at radius 1 is 1.04 bits per heavy atom. The zero-order valence-corrected chi connectivity index (χ0v) is 13.7. The first-order chi connectivity index (χ1) is 11.3. The smallest absolute Gasteiger partial charge is 0.318 e. The molecule has 0 fully saturated rings. The van der Waals surface area contributed by atoms with Gasteiger partial charge in [-0.15, -0.1) is 0 Å². The highest BCUT2D eigenvalue weighted by atomic mass is 32.2. The van der Waals surface area contributed by atoms with Crippen LogP contribution in [0.1, 0.15) is 10.4 Å². The molecular weight excluding hydrogens is 332 g/mol. The maximum Gasteiger partial charge on any atom is 0.318 e. The Hall–Kier alpha value is -2.71. The molecule has 2 N–H and O–H groups in total. The number of nitrogens with zero attached hydrogens (tertiary/aromatic N) is 1. The summed E-state index contributed by atoms with van der Waals surface area (Å²) in [7, 11) is -2.32. The quantitative estimate of drug-likeness (QED) is 0.819. The fourth-order valence-electron chi connectivity index (χ4n) is 1.98. The van der Waals surface area contributed by atoms with E-state index < -0.39 is 22.5 Å². The molecule has 24 heavy (non-hydrogen) atoms. The molecular formula is C16H16N2O5S. The fraction of sp³-hybridized carbons (Fsp3) is 0.125. The van der Waals surface area contributed by atoms with Gasteiger partial charge in [0.1, 0.15) is 6.54 Å². The fourth-order valence-corrected chi connectivity index (χ4v) is 2.96. The molecule has 2 aromatic carbocycles. The molecule has 126 valence electrons. The van der Waals surface area contributed by atoms with Crippen LogP contribution in [0, 0.1) is 0 Å². The zero-order chi connectivity index (χ0) is 17.7. The first-order valence-corrected chi connectivity index (χ1v) is 8.44. The average Bonchev–Trinajstić information content (AvgIpc) is 2.59. The molecule has 0 heterocycles. The van der Waals surface area contributed by atoms with Crippen molar-refractivity contribution in [2.75, 3.05) is 18.5 Å². The Morgan fingerprint density at radius 2 is 1.62 bits per heavy atom. The van der Waals surface area contributed by atoms with Crippen LogP contribution in [0.4, 0.5) is 5.69 Å². The third-order valence-corrected chi connectivity index (χ3v) is 4.69. The van der Waals surface area contributed by atoms with Crippen molar-refractivity contribution in [3.63, 3.8) is 0 Å². The van der Waals surface area contributed by atoms with Crippen LogP contribution < -0.4 is 9.62 Å². The van der Waals surface area contributed by atoms with Crippen molar-refractivity contribution in [2.24, 2.45) is 0 Å². The Morgan fingerprint density at radius 3 is 2.17 bits per heavy atom. The molecule has 0 aliphatic carbocycles. The lowest BCUT2D eigenvalue weighted by atomic mass is 10.2. The van der Waals surface area contributed by atoms with Crippen LogP contribution in [0.3, 0.4) is 0 Å². The van der Waals surface area contributed by atoms with Crippen molar-refractivity contribution in [3.8, 4) is 0 Å². The maximum atomic E-state index is 12.3. The minimum absolute atomic E-state index is 0.0759. The summed E-state index contributed by atoms with van der Waals surface area (Å²) in [4.78, 5) is 24.1. The van der Waals surface area contributed by atoms with Crippen molar-refractivity contribution in [1.29, 1.82) is 0 Å². The van der Waals surface area contributed by atoms with Crippen molar-refractivity contribution < 1.29 is 23.1 Å². The molecule has 0 radical (unpaired) electrons. The number of rotatable bonds is 6. The highest BCUT2D eigenvalue weighted by Gasteiger charge is 2.17. The van der Waals surface area contributed by atoms with E-state index in [2.05, 4.69) is 0 Å². The Labute approximate surface area is 139 Å². The lowest BCUT2D eigenvalue weighted by Crippen LogP contribution is -2.29. The van der Waals surface area contributed by atoms with Gasteiger partial charge in [-0.2, -0.15) is 4.72 Å². The predicted molar refractivity (Wildman–Crippen MR) is 88.4 cm³/mol. The summed E-state index contributed by atoms with van der Waals surface area (Å²) in [6.07, 6.45) is 0. The SMILES string of the molecule is CN(C(=O)c1ccccc1)c1ccc(S(=O)(=O)NCC(=O)O)cc1. The lowest BCUT2D eigenvalue weighted by Gasteiger charge is -2.17. The van der Waals surface area contributed by atoms with Gasteiger partial charge in [0.05, 0.1) is 4.90 Å². The average molecular weight is 348 g/mol. The van der Waals surface area contributed by atoms with Crippen LogP contribution in [0.25, 0.3) is 0 Å².